The molecule has 0 aliphatic carbocycles. The van der Waals surface area contributed by atoms with Gasteiger partial charge in [0.25, 0.3) is 0 Å². The predicted molar refractivity (Wildman–Crippen MR) is 81.5 cm³/mol. The van der Waals surface area contributed by atoms with Gasteiger partial charge < -0.3 is 0 Å². The van der Waals surface area contributed by atoms with Gasteiger partial charge in [-0.15, -0.1) is 0 Å². The molecule has 1 aromatic carbocycles. The van der Waals surface area contributed by atoms with E-state index in [0.717, 1.165) is 0 Å². The average Bonchev–Trinajstić information content (AvgIpc) is 2.68. The first-order valence-corrected chi connectivity index (χ1v) is 7.77. The molecule has 1 aliphatic heterocycles. The number of rotatable bonds is 3. The Labute approximate surface area is 115 Å². The fourth-order valence-electron chi connectivity index (χ4n) is 2.77. The third-order valence-corrected chi connectivity index (χ3v) is 5.05. The summed E-state index contributed by atoms with van der Waals surface area (Å²) >= 11 is 2.06. The van der Waals surface area contributed by atoms with E-state index >= 15 is 0 Å². The van der Waals surface area contributed by atoms with E-state index in [1.165, 1.54) is 5.56 Å². The monoisotopic (exact) mass is 262 g/mol. The highest BCUT2D eigenvalue weighted by Crippen LogP contribution is 2.39. The molecule has 0 saturated carbocycles. The van der Waals surface area contributed by atoms with Crippen molar-refractivity contribution in [3.05, 3.63) is 35.9 Å². The minimum absolute atomic E-state index is 0.522. The van der Waals surface area contributed by atoms with E-state index in [0.29, 0.717) is 23.3 Å². The summed E-state index contributed by atoms with van der Waals surface area (Å²) in [6.07, 6.45) is 0. The van der Waals surface area contributed by atoms with Gasteiger partial charge in [-0.05, 0) is 20.8 Å². The van der Waals surface area contributed by atoms with Crippen molar-refractivity contribution in [2.75, 3.05) is 0 Å². The Balaban J connectivity index is 2.45. The maximum Gasteiger partial charge on any atom is 0.214 e. The highest BCUT2D eigenvalue weighted by molar-refractivity contribution is 8.14. The zero-order valence-electron chi connectivity index (χ0n) is 12.1. The van der Waals surface area contributed by atoms with Crippen LogP contribution in [-0.2, 0) is 0 Å². The van der Waals surface area contributed by atoms with E-state index in [1.807, 2.05) is 0 Å². The highest BCUT2D eigenvalue weighted by atomic mass is 32.2. The van der Waals surface area contributed by atoms with E-state index < -0.39 is 0 Å². The molecule has 2 heteroatoms. The van der Waals surface area contributed by atoms with Crippen LogP contribution >= 0.6 is 11.8 Å². The van der Waals surface area contributed by atoms with Gasteiger partial charge in [-0.1, -0.05) is 55.9 Å². The molecule has 18 heavy (non-hydrogen) atoms. The molecule has 1 aliphatic rings. The van der Waals surface area contributed by atoms with E-state index in [2.05, 4.69) is 81.3 Å². The Morgan fingerprint density at radius 2 is 1.67 bits per heavy atom. The molecule has 1 aromatic rings. The molecule has 0 unspecified atom stereocenters. The molecule has 2 rings (SSSR count). The summed E-state index contributed by atoms with van der Waals surface area (Å²) < 4.78 is 2.62. The molecule has 0 radical (unpaired) electrons. The molecule has 1 nitrogen and oxygen atoms in total. The van der Waals surface area contributed by atoms with Gasteiger partial charge in [0.05, 0.1) is 5.25 Å². The van der Waals surface area contributed by atoms with Crippen molar-refractivity contribution in [3.63, 3.8) is 0 Å². The summed E-state index contributed by atoms with van der Waals surface area (Å²) in [4.78, 5) is 0. The Hall–Kier alpha value is -0.760. The number of benzene rings is 1. The normalized spacial score (nSPS) is 24.4. The Bertz CT molecular complexity index is 434. The number of nitrogens with zero attached hydrogens (tertiary/aromatic N) is 1. The molecule has 0 fully saturated rings. The third-order valence-electron chi connectivity index (χ3n) is 3.50. The van der Waals surface area contributed by atoms with Crippen LogP contribution in [0.2, 0.25) is 0 Å². The van der Waals surface area contributed by atoms with Crippen molar-refractivity contribution in [1.29, 1.82) is 0 Å². The van der Waals surface area contributed by atoms with Crippen LogP contribution in [0.1, 0.15) is 46.2 Å². The lowest BCUT2D eigenvalue weighted by Crippen LogP contribution is -2.29. The zero-order valence-corrected chi connectivity index (χ0v) is 12.9. The second-order valence-corrected chi connectivity index (χ2v) is 7.07. The standard InChI is InChI=1S/C16H24NS/c1-11(2)16-17(12(3)4)15(13(5)18-16)14-9-7-6-8-10-14/h6-13,15H,1-5H3/q+1/t13-,15-/m1/s1. The Morgan fingerprint density at radius 3 is 2.17 bits per heavy atom. The topological polar surface area (TPSA) is 3.01 Å². The van der Waals surface area contributed by atoms with Crippen molar-refractivity contribution < 1.29 is 4.58 Å². The van der Waals surface area contributed by atoms with Crippen LogP contribution in [0.5, 0.6) is 0 Å². The maximum atomic E-state index is 2.62. The number of thioether (sulfide) groups is 1. The van der Waals surface area contributed by atoms with Gasteiger partial charge in [0, 0.05) is 11.5 Å². The summed E-state index contributed by atoms with van der Waals surface area (Å²) in [5.74, 6) is 0.619. The lowest BCUT2D eigenvalue weighted by Gasteiger charge is -2.17. The summed E-state index contributed by atoms with van der Waals surface area (Å²) in [5.41, 5.74) is 1.45. The van der Waals surface area contributed by atoms with Gasteiger partial charge in [-0.3, -0.25) is 0 Å². The van der Waals surface area contributed by atoms with Gasteiger partial charge in [-0.25, -0.2) is 4.58 Å². The molecule has 1 heterocycles. The van der Waals surface area contributed by atoms with Crippen LogP contribution in [0.15, 0.2) is 30.3 Å². The summed E-state index contributed by atoms with van der Waals surface area (Å²) in [6.45, 7) is 11.6. The molecular formula is C16H24NS+. The largest absolute Gasteiger partial charge is 0.217 e. The van der Waals surface area contributed by atoms with Crippen molar-refractivity contribution in [1.82, 2.24) is 0 Å². The van der Waals surface area contributed by atoms with Gasteiger partial charge in [-0.2, -0.15) is 0 Å². The van der Waals surface area contributed by atoms with Crippen LogP contribution in [0, 0.1) is 5.92 Å². The fraction of sp³-hybridized carbons (Fsp3) is 0.562. The summed E-state index contributed by atoms with van der Waals surface area (Å²) in [5, 5.41) is 2.18. The van der Waals surface area contributed by atoms with Gasteiger partial charge >= 0.3 is 0 Å². The van der Waals surface area contributed by atoms with Gasteiger partial charge in [0.2, 0.25) is 5.04 Å². The summed E-state index contributed by atoms with van der Waals surface area (Å²) in [6, 6.07) is 12.0. The van der Waals surface area contributed by atoms with E-state index in [1.54, 1.807) is 5.04 Å². The fourth-order valence-corrected chi connectivity index (χ4v) is 4.29. The van der Waals surface area contributed by atoms with Gasteiger partial charge in [0.1, 0.15) is 6.04 Å². The van der Waals surface area contributed by atoms with Crippen LogP contribution in [-0.4, -0.2) is 20.9 Å². The molecule has 0 bridgehead atoms. The third kappa shape index (κ3) is 2.49. The first-order chi connectivity index (χ1) is 8.52. The second kappa shape index (κ2) is 5.48. The van der Waals surface area contributed by atoms with Crippen LogP contribution in [0.4, 0.5) is 0 Å². The number of hydrogen-bond acceptors (Lipinski definition) is 1. The molecule has 0 amide bonds. The quantitative estimate of drug-likeness (QED) is 0.732. The van der Waals surface area contributed by atoms with Crippen molar-refractivity contribution in [2.24, 2.45) is 5.92 Å². The van der Waals surface area contributed by atoms with Crippen LogP contribution < -0.4 is 0 Å². The van der Waals surface area contributed by atoms with Crippen LogP contribution in [0.25, 0.3) is 0 Å². The van der Waals surface area contributed by atoms with Crippen molar-refractivity contribution in [3.8, 4) is 0 Å². The maximum absolute atomic E-state index is 2.62. The minimum Gasteiger partial charge on any atom is -0.217 e. The highest BCUT2D eigenvalue weighted by Gasteiger charge is 2.43. The molecule has 0 spiro atoms. The predicted octanol–water partition coefficient (Wildman–Crippen LogP) is 4.34. The summed E-state index contributed by atoms with van der Waals surface area (Å²) in [7, 11) is 0. The lowest BCUT2D eigenvalue weighted by molar-refractivity contribution is -0.596. The van der Waals surface area contributed by atoms with E-state index in [4.69, 9.17) is 0 Å². The zero-order chi connectivity index (χ0) is 13.3. The van der Waals surface area contributed by atoms with E-state index in [9.17, 15) is 0 Å². The first kappa shape index (κ1) is 13.7. The molecule has 2 atom stereocenters. The lowest BCUT2D eigenvalue weighted by atomic mass is 10.0. The molecule has 98 valence electrons. The van der Waals surface area contributed by atoms with Crippen molar-refractivity contribution in [2.45, 2.75) is 52.0 Å². The molecule has 0 aromatic heterocycles. The van der Waals surface area contributed by atoms with Crippen molar-refractivity contribution >= 4 is 16.8 Å². The van der Waals surface area contributed by atoms with E-state index in [-0.39, 0.29) is 0 Å². The van der Waals surface area contributed by atoms with Gasteiger partial charge in [0.15, 0.2) is 6.04 Å². The smallest absolute Gasteiger partial charge is 0.214 e. The first-order valence-electron chi connectivity index (χ1n) is 6.89. The Kier molecular flexibility index (Phi) is 4.16. The minimum atomic E-state index is 0.522. The molecular weight excluding hydrogens is 238 g/mol. The molecule has 0 saturated heterocycles. The van der Waals surface area contributed by atoms with Crippen LogP contribution in [0.3, 0.4) is 0 Å². The Morgan fingerprint density at radius 1 is 1.06 bits per heavy atom. The molecule has 0 N–H and O–H groups in total. The average molecular weight is 262 g/mol. The number of hydrogen-bond donors (Lipinski definition) is 0. The SMILES string of the molecule is CC(C)C1=[N+](C(C)C)[C@@H](c2ccccc2)[C@@H](C)S1. The second-order valence-electron chi connectivity index (χ2n) is 5.67.